The van der Waals surface area contributed by atoms with Crippen LogP contribution in [0.1, 0.15) is 144 Å². The van der Waals surface area contributed by atoms with Crippen LogP contribution >= 0.6 is 31.9 Å². The van der Waals surface area contributed by atoms with Crippen molar-refractivity contribution >= 4 is 43.8 Å². The first-order valence-electron chi connectivity index (χ1n) is 21.7. The topological polar surface area (TPSA) is 115 Å². The van der Waals surface area contributed by atoms with E-state index in [0.29, 0.717) is 45.0 Å². The number of hydrogen-bond donors (Lipinski definition) is 4. The second-order valence-corrected chi connectivity index (χ2v) is 21.4. The van der Waals surface area contributed by atoms with Gasteiger partial charge in [0.25, 0.3) is 0 Å². The molecule has 4 fully saturated rings. The van der Waals surface area contributed by atoms with Crippen LogP contribution in [0.25, 0.3) is 0 Å². The summed E-state index contributed by atoms with van der Waals surface area (Å²) in [6.45, 7) is 21.5. The molecule has 11 atom stereocenters. The average Bonchev–Trinajstić information content (AvgIpc) is 3.51. The number of rotatable bonds is 15. The van der Waals surface area contributed by atoms with Crippen molar-refractivity contribution in [3.8, 4) is 11.5 Å². The van der Waals surface area contributed by atoms with E-state index in [9.17, 15) is 30.0 Å². The lowest BCUT2D eigenvalue weighted by atomic mass is 9.37. The van der Waals surface area contributed by atoms with E-state index in [1.807, 2.05) is 12.1 Å². The van der Waals surface area contributed by atoms with Crippen LogP contribution in [0, 0.1) is 69.5 Å². The van der Waals surface area contributed by atoms with Gasteiger partial charge in [0, 0.05) is 0 Å². The maximum absolute atomic E-state index is 12.2. The summed E-state index contributed by atoms with van der Waals surface area (Å²) in [6, 6.07) is 6.89. The molecule has 2 aromatic carbocycles. The van der Waals surface area contributed by atoms with E-state index in [0.717, 1.165) is 54.1 Å². The number of fused-ring (bicyclic) bond motifs is 5. The summed E-state index contributed by atoms with van der Waals surface area (Å²) < 4.78 is 0.709. The second kappa shape index (κ2) is 17.2. The summed E-state index contributed by atoms with van der Waals surface area (Å²) in [5, 5.41) is 41.3. The minimum Gasteiger partial charge on any atom is -0.506 e. The average molecular weight is 911 g/mol. The Labute approximate surface area is 358 Å². The Hall–Kier alpha value is -2.58. The number of phenols is 2. The first-order chi connectivity index (χ1) is 26.9. The highest BCUT2D eigenvalue weighted by molar-refractivity contribution is 9.11. The minimum absolute atomic E-state index is 0.0596. The molecule has 57 heavy (non-hydrogen) atoms. The van der Waals surface area contributed by atoms with Gasteiger partial charge in [-0.2, -0.15) is 0 Å². The summed E-state index contributed by atoms with van der Waals surface area (Å²) >= 11 is 6.87. The molecule has 4 aliphatic carbocycles. The fourth-order valence-electron chi connectivity index (χ4n) is 14.2. The summed E-state index contributed by atoms with van der Waals surface area (Å²) in [6.07, 6.45) is 20.0. The maximum atomic E-state index is 12.2. The molecule has 0 saturated heterocycles. The fraction of sp³-hybridized carbons (Fsp3) is 0.633. The quantitative estimate of drug-likeness (QED) is 0.132. The van der Waals surface area contributed by atoms with Crippen LogP contribution in [0.4, 0.5) is 0 Å². The molecular weight excluding hydrogens is 844 g/mol. The van der Waals surface area contributed by atoms with Crippen molar-refractivity contribution in [2.45, 2.75) is 125 Å². The van der Waals surface area contributed by atoms with Crippen LogP contribution in [-0.2, 0) is 12.8 Å². The molecule has 0 spiro atoms. The number of benzene rings is 2. The number of carboxylic acid groups (broad SMARTS) is 2. The monoisotopic (exact) mass is 908 g/mol. The third kappa shape index (κ3) is 7.93. The molecule has 6 rings (SSSR count). The van der Waals surface area contributed by atoms with Crippen LogP contribution < -0.4 is 0 Å². The zero-order valence-corrected chi connectivity index (χ0v) is 38.0. The van der Waals surface area contributed by atoms with Crippen LogP contribution in [-0.4, -0.2) is 32.4 Å². The molecule has 4 saturated carbocycles. The fourth-order valence-corrected chi connectivity index (χ4v) is 15.2. The summed E-state index contributed by atoms with van der Waals surface area (Å²) in [5.41, 5.74) is 1.54. The molecule has 0 aromatic heterocycles. The Bertz CT molecular complexity index is 1770. The van der Waals surface area contributed by atoms with Gasteiger partial charge < -0.3 is 20.4 Å². The third-order valence-electron chi connectivity index (χ3n) is 16.6. The van der Waals surface area contributed by atoms with Gasteiger partial charge in [0.2, 0.25) is 0 Å². The zero-order chi connectivity index (χ0) is 41.6. The van der Waals surface area contributed by atoms with Crippen molar-refractivity contribution in [2.24, 2.45) is 69.5 Å². The van der Waals surface area contributed by atoms with Crippen LogP contribution in [0.15, 0.2) is 58.5 Å². The van der Waals surface area contributed by atoms with Gasteiger partial charge in [-0.05, 0) is 201 Å². The van der Waals surface area contributed by atoms with Crippen LogP contribution in [0.5, 0.6) is 11.5 Å². The van der Waals surface area contributed by atoms with E-state index in [2.05, 4.69) is 91.8 Å². The van der Waals surface area contributed by atoms with E-state index >= 15 is 0 Å². The van der Waals surface area contributed by atoms with Gasteiger partial charge in [-0.3, -0.25) is 0 Å². The van der Waals surface area contributed by atoms with Crippen molar-refractivity contribution in [3.63, 3.8) is 0 Å². The van der Waals surface area contributed by atoms with E-state index in [1.165, 1.54) is 57.8 Å². The molecular formula is C49H66Br2O6. The number of aromatic carboxylic acids is 2. The zero-order valence-electron chi connectivity index (χ0n) is 34.8. The molecule has 0 heterocycles. The first-order valence-corrected chi connectivity index (χ1v) is 23.3. The Morgan fingerprint density at radius 3 is 1.81 bits per heavy atom. The molecule has 4 aliphatic rings. The van der Waals surface area contributed by atoms with Crippen LogP contribution in [0.3, 0.4) is 0 Å². The molecule has 0 bridgehead atoms. The maximum Gasteiger partial charge on any atom is 0.339 e. The Morgan fingerprint density at radius 2 is 1.30 bits per heavy atom. The van der Waals surface area contributed by atoms with Crippen molar-refractivity contribution in [1.82, 2.24) is 0 Å². The second-order valence-electron chi connectivity index (χ2n) is 19.7. The number of aromatic hydroxyl groups is 2. The number of allylic oxidation sites excluding steroid dienone is 2. The predicted molar refractivity (Wildman–Crippen MR) is 236 cm³/mol. The van der Waals surface area contributed by atoms with E-state index in [4.69, 9.17) is 0 Å². The minimum atomic E-state index is -1.18. The number of carbonyl (C=O) groups is 2. The largest absolute Gasteiger partial charge is 0.506 e. The standard InChI is InChI=1S/C49H66Br2O6/c1-8-32(22-30-24-35(45(54)55)43(52)40(50)26-30)49(33(9-2)23-31-25-36(46(56)57)44(53)41(51)27-31)20-11-19-48(7)39-18-21-47(6)37(29(5)13-10-12-28(3)4)15-16-38(47)34(39)14-17-42(48)49/h8-9,24-29,32-34,37-39,42,52-53H,1-2,10-23H2,3-7H3,(H,54,55)(H,56,57)/t29-,32+,33?,34+,37-,38+,39+,42+,47-,48-,49?/m1/s1. The van der Waals surface area contributed by atoms with Crippen LogP contribution in [0.2, 0.25) is 0 Å². The predicted octanol–water partition coefficient (Wildman–Crippen LogP) is 13.5. The molecule has 0 aliphatic heterocycles. The molecule has 4 N–H and O–H groups in total. The van der Waals surface area contributed by atoms with E-state index < -0.39 is 11.9 Å². The molecule has 6 nitrogen and oxygen atoms in total. The van der Waals surface area contributed by atoms with E-state index in [1.54, 1.807) is 12.1 Å². The number of halogens is 2. The van der Waals surface area contributed by atoms with Gasteiger partial charge in [0.05, 0.1) is 8.95 Å². The Kier molecular flexibility index (Phi) is 13.3. The molecule has 2 aromatic rings. The lowest BCUT2D eigenvalue weighted by molar-refractivity contribution is -0.176. The highest BCUT2D eigenvalue weighted by atomic mass is 79.9. The summed E-state index contributed by atoms with van der Waals surface area (Å²) in [5.74, 6) is 1.68. The van der Waals surface area contributed by atoms with Crippen molar-refractivity contribution < 1.29 is 30.0 Å². The smallest absolute Gasteiger partial charge is 0.339 e. The Balaban J connectivity index is 1.40. The van der Waals surface area contributed by atoms with Gasteiger partial charge in [-0.1, -0.05) is 72.5 Å². The van der Waals surface area contributed by atoms with Crippen molar-refractivity contribution in [3.05, 3.63) is 80.8 Å². The molecule has 8 heteroatoms. The van der Waals surface area contributed by atoms with Gasteiger partial charge >= 0.3 is 11.9 Å². The lowest BCUT2D eigenvalue weighted by Gasteiger charge is -2.67. The van der Waals surface area contributed by atoms with Gasteiger partial charge in [-0.15, -0.1) is 13.2 Å². The number of hydrogen-bond acceptors (Lipinski definition) is 4. The van der Waals surface area contributed by atoms with Gasteiger partial charge in [-0.25, -0.2) is 9.59 Å². The number of carboxylic acids is 2. The third-order valence-corrected chi connectivity index (χ3v) is 17.8. The van der Waals surface area contributed by atoms with Gasteiger partial charge in [0.1, 0.15) is 22.6 Å². The molecule has 312 valence electrons. The van der Waals surface area contributed by atoms with Crippen molar-refractivity contribution in [2.75, 3.05) is 0 Å². The molecule has 0 radical (unpaired) electrons. The highest BCUT2D eigenvalue weighted by Gasteiger charge is 2.65. The Morgan fingerprint density at radius 1 is 0.754 bits per heavy atom. The normalized spacial score (nSPS) is 32.4. The lowest BCUT2D eigenvalue weighted by Crippen LogP contribution is -2.60. The highest BCUT2D eigenvalue weighted by Crippen LogP contribution is 2.72. The summed E-state index contributed by atoms with van der Waals surface area (Å²) in [4.78, 5) is 24.5. The molecule has 0 amide bonds. The SMILES string of the molecule is C=CC(Cc1cc(Br)c(O)c(C(=O)O)c1)C1([C@@H](C=C)Cc2cc(Br)c(O)c(C(=O)O)c2)CCC[C@@]2(C)[C@@H]1CC[C@@H]1[C@@H]2CC[C@]2(C)[C@@H]([C@H](C)CCCC(C)C)CC[C@@H]12. The van der Waals surface area contributed by atoms with Crippen molar-refractivity contribution in [1.29, 1.82) is 0 Å². The molecule has 2 unspecified atom stereocenters. The van der Waals surface area contributed by atoms with E-state index in [-0.39, 0.29) is 45.3 Å². The first kappa shape index (κ1) is 44.0. The van der Waals surface area contributed by atoms with Gasteiger partial charge in [0.15, 0.2) is 0 Å². The summed E-state index contributed by atoms with van der Waals surface area (Å²) in [7, 11) is 0.